The minimum absolute atomic E-state index is 0.255. The molecule has 2 aromatic rings. The molecule has 2 aromatic carbocycles. The number of rotatable bonds is 4. The second-order valence-corrected chi connectivity index (χ2v) is 7.31. The van der Waals surface area contributed by atoms with Gasteiger partial charge in [-0.25, -0.2) is 0 Å². The molecule has 0 spiro atoms. The lowest BCUT2D eigenvalue weighted by Crippen LogP contribution is -2.26. The number of thioether (sulfide) groups is 1. The zero-order valence-electron chi connectivity index (χ0n) is 15.0. The van der Waals surface area contributed by atoms with Crippen LogP contribution in [0.15, 0.2) is 53.4 Å². The van der Waals surface area contributed by atoms with Crippen LogP contribution < -0.4 is 10.6 Å². The lowest BCUT2D eigenvalue weighted by Gasteiger charge is -2.16. The van der Waals surface area contributed by atoms with E-state index in [1.165, 1.54) is 30.3 Å². The van der Waals surface area contributed by atoms with E-state index in [1.54, 1.807) is 19.1 Å². The van der Waals surface area contributed by atoms with E-state index in [0.29, 0.717) is 16.7 Å². The number of alkyl halides is 3. The van der Waals surface area contributed by atoms with E-state index < -0.39 is 34.8 Å². The van der Waals surface area contributed by atoms with E-state index in [9.17, 15) is 27.6 Å². The van der Waals surface area contributed by atoms with Crippen LogP contribution in [0.3, 0.4) is 0 Å². The summed E-state index contributed by atoms with van der Waals surface area (Å²) in [6.45, 7) is 1.60. The molecule has 1 heterocycles. The average Bonchev–Trinajstić information content (AvgIpc) is 2.98. The van der Waals surface area contributed by atoms with Gasteiger partial charge >= 0.3 is 6.18 Å². The molecule has 1 aliphatic rings. The Morgan fingerprint density at radius 3 is 2.41 bits per heavy atom. The number of amides is 3. The summed E-state index contributed by atoms with van der Waals surface area (Å²) in [5.41, 5.74) is 0.495. The van der Waals surface area contributed by atoms with Crippen molar-refractivity contribution in [2.24, 2.45) is 0 Å². The molecule has 0 radical (unpaired) electrons. The van der Waals surface area contributed by atoms with Gasteiger partial charge in [0.05, 0.1) is 16.5 Å². The summed E-state index contributed by atoms with van der Waals surface area (Å²) < 4.78 is 38.6. The molecule has 0 bridgehead atoms. The predicted molar refractivity (Wildman–Crippen MR) is 103 cm³/mol. The Hall–Kier alpha value is -3.07. The first-order valence-corrected chi connectivity index (χ1v) is 9.28. The van der Waals surface area contributed by atoms with Crippen molar-refractivity contribution >= 4 is 34.9 Å². The molecule has 150 valence electrons. The van der Waals surface area contributed by atoms with Gasteiger partial charge < -0.3 is 5.32 Å². The second kappa shape index (κ2) is 8.12. The molecule has 0 saturated carbocycles. The smallest absolute Gasteiger partial charge is 0.346 e. The van der Waals surface area contributed by atoms with E-state index in [0.717, 1.165) is 23.9 Å². The molecular weight excluding hydrogens is 405 g/mol. The zero-order valence-corrected chi connectivity index (χ0v) is 15.9. The molecule has 2 N–H and O–H groups in total. The standard InChI is InChI=1S/C20H15F3N2O3S/c1-11(14-3-2-4-15(10-14)20(21,22)23)24-17(26)13-7-5-12(6-8-13)9-16-18(27)25-19(28)29-16/h2-11H,1H3,(H,24,26)(H,25,27,28)/b16-9+/t11-/m0/s1. The molecule has 3 amide bonds. The van der Waals surface area contributed by atoms with Gasteiger partial charge in [-0.2, -0.15) is 13.2 Å². The molecule has 3 rings (SSSR count). The van der Waals surface area contributed by atoms with Gasteiger partial charge in [-0.3, -0.25) is 19.7 Å². The maximum Gasteiger partial charge on any atom is 0.416 e. The quantitative estimate of drug-likeness (QED) is 0.714. The van der Waals surface area contributed by atoms with Crippen LogP contribution in [0.2, 0.25) is 0 Å². The molecular formula is C20H15F3N2O3S. The fourth-order valence-electron chi connectivity index (χ4n) is 2.65. The first-order chi connectivity index (χ1) is 13.6. The van der Waals surface area contributed by atoms with Crippen molar-refractivity contribution in [1.29, 1.82) is 0 Å². The number of benzene rings is 2. The van der Waals surface area contributed by atoms with Gasteiger partial charge in [-0.1, -0.05) is 24.3 Å². The number of carbonyl (C=O) groups is 3. The normalized spacial score (nSPS) is 16.6. The van der Waals surface area contributed by atoms with E-state index in [4.69, 9.17) is 0 Å². The summed E-state index contributed by atoms with van der Waals surface area (Å²) in [6, 6.07) is 10.4. The molecule has 0 unspecified atom stereocenters. The van der Waals surface area contributed by atoms with E-state index in [2.05, 4.69) is 10.6 Å². The first kappa shape index (κ1) is 20.7. The fourth-order valence-corrected chi connectivity index (χ4v) is 3.33. The molecule has 1 aliphatic heterocycles. The number of imide groups is 1. The van der Waals surface area contributed by atoms with Gasteiger partial charge in [-0.05, 0) is 60.2 Å². The van der Waals surface area contributed by atoms with Gasteiger partial charge in [0.2, 0.25) is 0 Å². The van der Waals surface area contributed by atoms with Crippen LogP contribution in [0.25, 0.3) is 6.08 Å². The van der Waals surface area contributed by atoms with Crippen molar-refractivity contribution in [3.63, 3.8) is 0 Å². The van der Waals surface area contributed by atoms with Gasteiger partial charge in [0.25, 0.3) is 17.1 Å². The lowest BCUT2D eigenvalue weighted by molar-refractivity contribution is -0.137. The monoisotopic (exact) mass is 420 g/mol. The Balaban J connectivity index is 1.69. The van der Waals surface area contributed by atoms with Crippen LogP contribution in [0.5, 0.6) is 0 Å². The summed E-state index contributed by atoms with van der Waals surface area (Å²) in [6.07, 6.45) is -2.93. The van der Waals surface area contributed by atoms with E-state index in [1.807, 2.05) is 0 Å². The fraction of sp³-hybridized carbons (Fsp3) is 0.150. The van der Waals surface area contributed by atoms with E-state index >= 15 is 0 Å². The molecule has 29 heavy (non-hydrogen) atoms. The van der Waals surface area contributed by atoms with Crippen molar-refractivity contribution in [3.8, 4) is 0 Å². The maximum absolute atomic E-state index is 12.9. The summed E-state index contributed by atoms with van der Waals surface area (Å²) >= 11 is 0.790. The van der Waals surface area contributed by atoms with Crippen LogP contribution in [0, 0.1) is 0 Å². The minimum Gasteiger partial charge on any atom is -0.346 e. The van der Waals surface area contributed by atoms with Gasteiger partial charge in [0, 0.05) is 5.56 Å². The van der Waals surface area contributed by atoms with Crippen molar-refractivity contribution < 1.29 is 27.6 Å². The highest BCUT2D eigenvalue weighted by Crippen LogP contribution is 2.31. The summed E-state index contributed by atoms with van der Waals surface area (Å²) in [5, 5.41) is 4.37. The van der Waals surface area contributed by atoms with Crippen LogP contribution in [-0.2, 0) is 11.0 Å². The predicted octanol–water partition coefficient (Wildman–Crippen LogP) is 4.52. The molecule has 0 aromatic heterocycles. The van der Waals surface area contributed by atoms with Crippen LogP contribution in [-0.4, -0.2) is 17.1 Å². The Kier molecular flexibility index (Phi) is 5.78. The highest BCUT2D eigenvalue weighted by molar-refractivity contribution is 8.18. The Morgan fingerprint density at radius 1 is 1.14 bits per heavy atom. The van der Waals surface area contributed by atoms with Crippen LogP contribution in [0.1, 0.15) is 40.0 Å². The average molecular weight is 420 g/mol. The van der Waals surface area contributed by atoms with Crippen molar-refractivity contribution in [2.45, 2.75) is 19.1 Å². The summed E-state index contributed by atoms with van der Waals surface area (Å²) in [4.78, 5) is 35.4. The van der Waals surface area contributed by atoms with Crippen LogP contribution in [0.4, 0.5) is 18.0 Å². The largest absolute Gasteiger partial charge is 0.416 e. The van der Waals surface area contributed by atoms with Gasteiger partial charge in [-0.15, -0.1) is 0 Å². The summed E-state index contributed by atoms with van der Waals surface area (Å²) in [7, 11) is 0. The third kappa shape index (κ3) is 5.05. The van der Waals surface area contributed by atoms with E-state index in [-0.39, 0.29) is 4.91 Å². The molecule has 9 heteroatoms. The Morgan fingerprint density at radius 2 is 1.83 bits per heavy atom. The third-order valence-corrected chi connectivity index (χ3v) is 4.98. The topological polar surface area (TPSA) is 75.3 Å². The lowest BCUT2D eigenvalue weighted by atomic mass is 10.0. The number of carbonyl (C=O) groups excluding carboxylic acids is 3. The zero-order chi connectivity index (χ0) is 21.2. The summed E-state index contributed by atoms with van der Waals surface area (Å²) in [5.74, 6) is -0.922. The third-order valence-electron chi connectivity index (χ3n) is 4.17. The second-order valence-electron chi connectivity index (χ2n) is 6.29. The minimum atomic E-state index is -4.46. The van der Waals surface area contributed by atoms with Crippen LogP contribution >= 0.6 is 11.8 Å². The van der Waals surface area contributed by atoms with Gasteiger partial charge in [0.1, 0.15) is 0 Å². The molecule has 1 fully saturated rings. The van der Waals surface area contributed by atoms with Gasteiger partial charge in [0.15, 0.2) is 0 Å². The molecule has 1 atom stereocenters. The maximum atomic E-state index is 12.9. The number of nitrogens with one attached hydrogen (secondary N) is 2. The molecule has 0 aliphatic carbocycles. The van der Waals surface area contributed by atoms with Crippen molar-refractivity contribution in [3.05, 3.63) is 75.7 Å². The van der Waals surface area contributed by atoms with Crippen molar-refractivity contribution in [1.82, 2.24) is 10.6 Å². The number of halogens is 3. The highest BCUT2D eigenvalue weighted by atomic mass is 32.2. The SMILES string of the molecule is C[C@H](NC(=O)c1ccc(/C=C2/SC(=O)NC2=O)cc1)c1cccc(C(F)(F)F)c1. The number of hydrogen-bond acceptors (Lipinski definition) is 4. The Bertz CT molecular complexity index is 1000. The van der Waals surface area contributed by atoms with Crippen molar-refractivity contribution in [2.75, 3.05) is 0 Å². The molecule has 5 nitrogen and oxygen atoms in total. The molecule has 1 saturated heterocycles. The Labute approximate surface area is 168 Å². The highest BCUT2D eigenvalue weighted by Gasteiger charge is 2.30. The number of hydrogen-bond donors (Lipinski definition) is 2. The first-order valence-electron chi connectivity index (χ1n) is 8.46.